The first-order chi connectivity index (χ1) is 21.6. The Hall–Kier alpha value is -4.75. The molecule has 0 saturated carbocycles. The molecule has 242 valence electrons. The molecule has 1 unspecified atom stereocenters. The largest absolute Gasteiger partial charge is 0.459 e. The van der Waals surface area contributed by atoms with Crippen LogP contribution in [0.2, 0.25) is 0 Å². The smallest absolute Gasteiger partial charge is 0.416 e. The number of carbonyl (C=O) groups excluding carboxylic acids is 2. The van der Waals surface area contributed by atoms with Gasteiger partial charge < -0.3 is 9.47 Å². The van der Waals surface area contributed by atoms with Gasteiger partial charge in [-0.2, -0.15) is 10.2 Å². The monoisotopic (exact) mass is 646 g/mol. The van der Waals surface area contributed by atoms with Gasteiger partial charge in [0.05, 0.1) is 24.1 Å². The molecule has 3 aromatic heterocycles. The van der Waals surface area contributed by atoms with Crippen molar-refractivity contribution in [2.45, 2.75) is 70.1 Å². The zero-order valence-corrected chi connectivity index (χ0v) is 27.5. The molecule has 0 fully saturated rings. The maximum atomic E-state index is 13.5. The summed E-state index contributed by atoms with van der Waals surface area (Å²) in [6.45, 7) is 9.82. The zero-order chi connectivity index (χ0) is 33.5. The maximum absolute atomic E-state index is 13.5. The van der Waals surface area contributed by atoms with Crippen LogP contribution in [0.3, 0.4) is 0 Å². The lowest BCUT2D eigenvalue weighted by Crippen LogP contribution is -2.42. The number of benzene rings is 1. The molecule has 12 nitrogen and oxygen atoms in total. The van der Waals surface area contributed by atoms with E-state index in [2.05, 4.69) is 24.9 Å². The number of esters is 1. The summed E-state index contributed by atoms with van der Waals surface area (Å²) >= 11 is 0. The summed E-state index contributed by atoms with van der Waals surface area (Å²) in [5.41, 5.74) is 1.28. The molecule has 0 aliphatic rings. The van der Waals surface area contributed by atoms with Crippen LogP contribution in [-0.2, 0) is 30.7 Å². The summed E-state index contributed by atoms with van der Waals surface area (Å²) in [5, 5.41) is 7.74. The van der Waals surface area contributed by atoms with Crippen LogP contribution in [0.4, 0.5) is 10.6 Å². The zero-order valence-electron chi connectivity index (χ0n) is 26.7. The van der Waals surface area contributed by atoms with Crippen LogP contribution in [0.15, 0.2) is 90.3 Å². The molecule has 1 N–H and O–H groups in total. The van der Waals surface area contributed by atoms with Gasteiger partial charge in [-0.1, -0.05) is 30.3 Å². The number of amides is 1. The number of hydrogen-bond donors (Lipinski definition) is 1. The third-order valence-electron chi connectivity index (χ3n) is 6.26. The second-order valence-electron chi connectivity index (χ2n) is 12.5. The molecule has 13 heteroatoms. The second-order valence-corrected chi connectivity index (χ2v) is 14.2. The van der Waals surface area contributed by atoms with Crippen molar-refractivity contribution in [2.75, 3.05) is 11.4 Å². The highest BCUT2D eigenvalue weighted by atomic mass is 32.2. The van der Waals surface area contributed by atoms with Gasteiger partial charge in [0.15, 0.2) is 0 Å². The maximum Gasteiger partial charge on any atom is 0.416 e. The Morgan fingerprint density at radius 3 is 2.15 bits per heavy atom. The van der Waals surface area contributed by atoms with E-state index in [4.69, 9.17) is 9.47 Å². The van der Waals surface area contributed by atoms with E-state index in [-0.39, 0.29) is 17.1 Å². The highest BCUT2D eigenvalue weighted by Gasteiger charge is 2.30. The van der Waals surface area contributed by atoms with Crippen LogP contribution < -0.4 is 9.62 Å². The number of nitrogens with zero attached hydrogens (tertiary/aromatic N) is 5. The summed E-state index contributed by atoms with van der Waals surface area (Å²) in [5.74, 6) is -0.576. The lowest BCUT2D eigenvalue weighted by molar-refractivity contribution is -0.153. The van der Waals surface area contributed by atoms with E-state index in [1.165, 1.54) is 24.5 Å². The predicted molar refractivity (Wildman–Crippen MR) is 172 cm³/mol. The molecular weight excluding hydrogens is 608 g/mol. The second kappa shape index (κ2) is 14.1. The van der Waals surface area contributed by atoms with Gasteiger partial charge in [-0.15, -0.1) is 0 Å². The summed E-state index contributed by atoms with van der Waals surface area (Å²) in [7, 11) is -4.04. The third-order valence-corrected chi connectivity index (χ3v) is 7.72. The average Bonchev–Trinajstić information content (AvgIpc) is 2.99. The molecule has 4 aromatic rings. The fourth-order valence-electron chi connectivity index (χ4n) is 4.34. The van der Waals surface area contributed by atoms with Crippen molar-refractivity contribution in [3.63, 3.8) is 0 Å². The Kier molecular flexibility index (Phi) is 10.5. The SMILES string of the molecule is CC(C)(C)OC(=O)CN(C(=O)OC(C)(C)C)c1cccc(C(Cc2ccc(-c3ccnnc3)cc2)NS(=O)(=O)c2cccnc2)n1. The molecular formula is C33H38N6O6S. The molecule has 1 atom stereocenters. The van der Waals surface area contributed by atoms with Crippen molar-refractivity contribution in [1.82, 2.24) is 24.9 Å². The van der Waals surface area contributed by atoms with E-state index < -0.39 is 45.9 Å². The van der Waals surface area contributed by atoms with E-state index in [0.29, 0.717) is 5.69 Å². The van der Waals surface area contributed by atoms with E-state index in [0.717, 1.165) is 21.6 Å². The lowest BCUT2D eigenvalue weighted by atomic mass is 10.0. The quantitative estimate of drug-likeness (QED) is 0.225. The minimum absolute atomic E-state index is 0.0167. The minimum atomic E-state index is -4.04. The number of ether oxygens (including phenoxy) is 2. The molecule has 4 rings (SSSR count). The summed E-state index contributed by atoms with van der Waals surface area (Å²) in [6.07, 6.45) is 5.40. The topological polar surface area (TPSA) is 154 Å². The molecule has 0 aliphatic carbocycles. The molecule has 0 saturated heterocycles. The molecule has 0 radical (unpaired) electrons. The molecule has 1 aromatic carbocycles. The fraction of sp³-hybridized carbons (Fsp3) is 0.333. The summed E-state index contributed by atoms with van der Waals surface area (Å²) < 4.78 is 40.7. The number of pyridine rings is 2. The van der Waals surface area contributed by atoms with Crippen molar-refractivity contribution in [2.24, 2.45) is 0 Å². The van der Waals surface area contributed by atoms with Crippen LogP contribution in [0.25, 0.3) is 11.1 Å². The van der Waals surface area contributed by atoms with Crippen molar-refractivity contribution >= 4 is 27.9 Å². The van der Waals surface area contributed by atoms with Crippen LogP contribution in [0.1, 0.15) is 58.8 Å². The predicted octanol–water partition coefficient (Wildman–Crippen LogP) is 5.28. The van der Waals surface area contributed by atoms with E-state index >= 15 is 0 Å². The highest BCUT2D eigenvalue weighted by molar-refractivity contribution is 7.89. The van der Waals surface area contributed by atoms with Crippen LogP contribution in [0, 0.1) is 0 Å². The fourth-order valence-corrected chi connectivity index (χ4v) is 5.51. The van der Waals surface area contributed by atoms with Gasteiger partial charge in [-0.3, -0.25) is 14.7 Å². The summed E-state index contributed by atoms with van der Waals surface area (Å²) in [4.78, 5) is 35.8. The molecule has 0 aliphatic heterocycles. The van der Waals surface area contributed by atoms with Crippen LogP contribution >= 0.6 is 0 Å². The van der Waals surface area contributed by atoms with Gasteiger partial charge in [-0.05, 0) is 89.4 Å². The normalized spacial score (nSPS) is 12.7. The van der Waals surface area contributed by atoms with Crippen molar-refractivity contribution < 1.29 is 27.5 Å². The summed E-state index contributed by atoms with van der Waals surface area (Å²) in [6, 6.07) is 16.4. The number of hydrogen-bond acceptors (Lipinski definition) is 10. The number of nitrogens with one attached hydrogen (secondary N) is 1. The Labute approximate surface area is 269 Å². The number of carbonyl (C=O) groups is 2. The molecule has 46 heavy (non-hydrogen) atoms. The Bertz CT molecular complexity index is 1740. The van der Waals surface area contributed by atoms with Gasteiger partial charge in [0.25, 0.3) is 0 Å². The first kappa shape index (κ1) is 34.1. The third kappa shape index (κ3) is 9.88. The Balaban J connectivity index is 1.71. The first-order valence-electron chi connectivity index (χ1n) is 14.6. The van der Waals surface area contributed by atoms with E-state index in [1.807, 2.05) is 30.3 Å². The van der Waals surface area contributed by atoms with Crippen molar-refractivity contribution in [3.8, 4) is 11.1 Å². The number of aromatic nitrogens is 4. The van der Waals surface area contributed by atoms with Crippen LogP contribution in [-0.4, -0.2) is 58.4 Å². The first-order valence-corrected chi connectivity index (χ1v) is 16.1. The van der Waals surface area contributed by atoms with E-state index in [9.17, 15) is 18.0 Å². The standard InChI is InChI=1S/C33H38N6O6S/c1-32(2,3)44-30(40)22-39(31(41)45-33(4,5)6)29-11-7-10-27(37-29)28(38-46(42,43)26-9-8-17-34-21-26)19-23-12-14-24(15-13-23)25-16-18-35-36-20-25/h7-18,20-21,28,38H,19,22H2,1-6H3. The Morgan fingerprint density at radius 2 is 1.54 bits per heavy atom. The van der Waals surface area contributed by atoms with Gasteiger partial charge in [0.1, 0.15) is 28.5 Å². The lowest BCUT2D eigenvalue weighted by Gasteiger charge is -2.28. The molecule has 0 spiro atoms. The Morgan fingerprint density at radius 1 is 0.826 bits per heavy atom. The minimum Gasteiger partial charge on any atom is -0.459 e. The van der Waals surface area contributed by atoms with E-state index in [1.54, 1.807) is 72.1 Å². The molecule has 0 bridgehead atoms. The number of sulfonamides is 1. The van der Waals surface area contributed by atoms with Crippen molar-refractivity contribution in [3.05, 3.63) is 96.7 Å². The van der Waals surface area contributed by atoms with Crippen LogP contribution in [0.5, 0.6) is 0 Å². The van der Waals surface area contributed by atoms with Gasteiger partial charge >= 0.3 is 12.1 Å². The molecule has 1 amide bonds. The van der Waals surface area contributed by atoms with Gasteiger partial charge in [-0.25, -0.2) is 22.9 Å². The van der Waals surface area contributed by atoms with Crippen molar-refractivity contribution in [1.29, 1.82) is 0 Å². The highest BCUT2D eigenvalue weighted by Crippen LogP contribution is 2.26. The van der Waals surface area contributed by atoms with Gasteiger partial charge in [0, 0.05) is 18.0 Å². The van der Waals surface area contributed by atoms with Gasteiger partial charge in [0.2, 0.25) is 10.0 Å². The number of anilines is 1. The average molecular weight is 647 g/mol. The molecule has 3 heterocycles. The number of rotatable bonds is 10.